The molecule has 24 heavy (non-hydrogen) atoms. The zero-order valence-corrected chi connectivity index (χ0v) is 14.9. The molecule has 0 radical (unpaired) electrons. The number of aromatic nitrogens is 3. The molecule has 122 valence electrons. The Morgan fingerprint density at radius 1 is 1.00 bits per heavy atom. The fourth-order valence-corrected chi connectivity index (χ4v) is 3.28. The van der Waals surface area contributed by atoms with Gasteiger partial charge in [0.2, 0.25) is 0 Å². The number of likely N-dealkylation sites (N-methyl/N-ethyl adjacent to an activating group) is 1. The normalized spacial score (nSPS) is 12.0. The lowest BCUT2D eigenvalue weighted by atomic mass is 10.2. The van der Waals surface area contributed by atoms with Crippen LogP contribution in [0.2, 0.25) is 10.0 Å². The maximum absolute atomic E-state index is 6.15. The van der Waals surface area contributed by atoms with E-state index >= 15 is 0 Å². The molecule has 0 bridgehead atoms. The van der Waals surface area contributed by atoms with Gasteiger partial charge in [-0.2, -0.15) is 0 Å². The van der Waals surface area contributed by atoms with Crippen molar-refractivity contribution in [2.24, 2.45) is 0 Å². The lowest BCUT2D eigenvalue weighted by Gasteiger charge is -2.12. The van der Waals surface area contributed by atoms with Crippen molar-refractivity contribution < 1.29 is 0 Å². The van der Waals surface area contributed by atoms with Crippen LogP contribution in [0.3, 0.4) is 0 Å². The van der Waals surface area contributed by atoms with Crippen LogP contribution in [0.1, 0.15) is 0 Å². The second kappa shape index (κ2) is 5.88. The molecule has 2 heterocycles. The van der Waals surface area contributed by atoms with Crippen molar-refractivity contribution in [3.63, 3.8) is 0 Å². The molecule has 0 fully saturated rings. The SMILES string of the molecule is CN(C)CCn1c2ccccc2c2nc3cc(Cl)c(Cl)cc3nc21. The Morgan fingerprint density at radius 2 is 1.67 bits per heavy atom. The number of fused-ring (bicyclic) bond motifs is 4. The average molecular weight is 359 g/mol. The first kappa shape index (κ1) is 15.6. The van der Waals surface area contributed by atoms with Gasteiger partial charge in [-0.15, -0.1) is 0 Å². The minimum atomic E-state index is 0.494. The molecule has 0 saturated carbocycles. The van der Waals surface area contributed by atoms with Gasteiger partial charge in [0.1, 0.15) is 5.52 Å². The van der Waals surface area contributed by atoms with Crippen molar-refractivity contribution in [2.45, 2.75) is 6.54 Å². The van der Waals surface area contributed by atoms with Crippen molar-refractivity contribution in [3.8, 4) is 0 Å². The third kappa shape index (κ3) is 2.51. The topological polar surface area (TPSA) is 34.0 Å². The Labute approximate surface area is 149 Å². The molecule has 0 aliphatic carbocycles. The number of rotatable bonds is 3. The second-order valence-electron chi connectivity index (χ2n) is 6.12. The van der Waals surface area contributed by atoms with Crippen molar-refractivity contribution >= 4 is 56.3 Å². The molecule has 4 nitrogen and oxygen atoms in total. The highest BCUT2D eigenvalue weighted by atomic mass is 35.5. The predicted octanol–water partition coefficient (Wildman–Crippen LogP) is 4.61. The first-order valence-corrected chi connectivity index (χ1v) is 8.48. The maximum atomic E-state index is 6.15. The largest absolute Gasteiger partial charge is 0.323 e. The summed E-state index contributed by atoms with van der Waals surface area (Å²) >= 11 is 12.3. The summed E-state index contributed by atoms with van der Waals surface area (Å²) < 4.78 is 2.22. The van der Waals surface area contributed by atoms with Crippen molar-refractivity contribution in [3.05, 3.63) is 46.4 Å². The monoisotopic (exact) mass is 358 g/mol. The van der Waals surface area contributed by atoms with Crippen LogP contribution in [0.5, 0.6) is 0 Å². The molecule has 4 aromatic rings. The Morgan fingerprint density at radius 3 is 2.38 bits per heavy atom. The fourth-order valence-electron chi connectivity index (χ4n) is 2.96. The highest BCUT2D eigenvalue weighted by Crippen LogP contribution is 2.31. The number of benzene rings is 2. The van der Waals surface area contributed by atoms with E-state index in [4.69, 9.17) is 33.2 Å². The van der Waals surface area contributed by atoms with E-state index in [1.54, 1.807) is 12.1 Å². The molecule has 2 aromatic carbocycles. The fraction of sp³-hybridized carbons (Fsp3) is 0.222. The molecule has 0 atom stereocenters. The number of hydrogen-bond acceptors (Lipinski definition) is 3. The molecular weight excluding hydrogens is 343 g/mol. The lowest BCUT2D eigenvalue weighted by molar-refractivity contribution is 0.389. The summed E-state index contributed by atoms with van der Waals surface area (Å²) in [6.07, 6.45) is 0. The first-order chi connectivity index (χ1) is 11.5. The number of halogens is 2. The highest BCUT2D eigenvalue weighted by molar-refractivity contribution is 6.42. The summed E-state index contributed by atoms with van der Waals surface area (Å²) in [5.74, 6) is 0. The van der Waals surface area contributed by atoms with Gasteiger partial charge in [-0.1, -0.05) is 41.4 Å². The van der Waals surface area contributed by atoms with Gasteiger partial charge in [0.15, 0.2) is 5.65 Å². The third-order valence-corrected chi connectivity index (χ3v) is 4.89. The van der Waals surface area contributed by atoms with Crippen LogP contribution >= 0.6 is 23.2 Å². The Balaban J connectivity index is 2.06. The van der Waals surface area contributed by atoms with Gasteiger partial charge >= 0.3 is 0 Å². The van der Waals surface area contributed by atoms with E-state index in [1.165, 1.54) is 0 Å². The van der Waals surface area contributed by atoms with Crippen LogP contribution < -0.4 is 0 Å². The van der Waals surface area contributed by atoms with Crippen LogP contribution in [-0.2, 0) is 6.54 Å². The van der Waals surface area contributed by atoms with E-state index in [0.29, 0.717) is 10.0 Å². The minimum Gasteiger partial charge on any atom is -0.323 e. The number of para-hydroxylation sites is 1. The standard InChI is InChI=1S/C18H16Cl2N4/c1-23(2)7-8-24-16-6-4-3-5-11(16)17-18(24)22-15-10-13(20)12(19)9-14(15)21-17/h3-6,9-10H,7-8H2,1-2H3. The molecule has 0 spiro atoms. The van der Waals surface area contributed by atoms with Crippen LogP contribution in [0.15, 0.2) is 36.4 Å². The molecule has 0 amide bonds. The Bertz CT molecular complexity index is 1070. The average Bonchev–Trinajstić information content (AvgIpc) is 2.85. The molecule has 0 aliphatic rings. The molecule has 2 aromatic heterocycles. The van der Waals surface area contributed by atoms with Gasteiger partial charge in [-0.3, -0.25) is 0 Å². The van der Waals surface area contributed by atoms with Gasteiger partial charge in [-0.05, 0) is 32.3 Å². The van der Waals surface area contributed by atoms with E-state index in [0.717, 1.165) is 46.2 Å². The van der Waals surface area contributed by atoms with Gasteiger partial charge in [0.05, 0.1) is 26.6 Å². The lowest BCUT2D eigenvalue weighted by Crippen LogP contribution is -2.18. The zero-order chi connectivity index (χ0) is 16.8. The zero-order valence-electron chi connectivity index (χ0n) is 13.4. The minimum absolute atomic E-state index is 0.494. The molecule has 0 saturated heterocycles. The van der Waals surface area contributed by atoms with Gasteiger partial charge in [-0.25, -0.2) is 9.97 Å². The molecule has 0 unspecified atom stereocenters. The number of nitrogens with zero attached hydrogens (tertiary/aromatic N) is 4. The van der Waals surface area contributed by atoms with Gasteiger partial charge in [0.25, 0.3) is 0 Å². The van der Waals surface area contributed by atoms with Crippen LogP contribution in [0, 0.1) is 0 Å². The van der Waals surface area contributed by atoms with Crippen molar-refractivity contribution in [1.82, 2.24) is 19.4 Å². The third-order valence-electron chi connectivity index (χ3n) is 4.16. The van der Waals surface area contributed by atoms with Crippen molar-refractivity contribution in [1.29, 1.82) is 0 Å². The molecule has 0 aliphatic heterocycles. The highest BCUT2D eigenvalue weighted by Gasteiger charge is 2.15. The van der Waals surface area contributed by atoms with E-state index in [1.807, 2.05) is 12.1 Å². The quantitative estimate of drug-likeness (QED) is 0.536. The van der Waals surface area contributed by atoms with Crippen molar-refractivity contribution in [2.75, 3.05) is 20.6 Å². The molecular formula is C18H16Cl2N4. The van der Waals surface area contributed by atoms with Crippen LogP contribution in [0.4, 0.5) is 0 Å². The molecule has 4 rings (SSSR count). The second-order valence-corrected chi connectivity index (χ2v) is 6.94. The van der Waals surface area contributed by atoms with Crippen LogP contribution in [-0.4, -0.2) is 40.1 Å². The van der Waals surface area contributed by atoms with Gasteiger partial charge in [0, 0.05) is 18.5 Å². The summed E-state index contributed by atoms with van der Waals surface area (Å²) in [6, 6.07) is 11.8. The smallest absolute Gasteiger partial charge is 0.160 e. The maximum Gasteiger partial charge on any atom is 0.160 e. The van der Waals surface area contributed by atoms with Gasteiger partial charge < -0.3 is 9.47 Å². The number of hydrogen-bond donors (Lipinski definition) is 0. The molecule has 0 N–H and O–H groups in total. The summed E-state index contributed by atoms with van der Waals surface area (Å²) in [7, 11) is 4.13. The Kier molecular flexibility index (Phi) is 3.83. The summed E-state index contributed by atoms with van der Waals surface area (Å²) in [5.41, 5.74) is 4.43. The van der Waals surface area contributed by atoms with E-state index in [2.05, 4.69) is 35.7 Å². The Hall–Kier alpha value is -1.88. The first-order valence-electron chi connectivity index (χ1n) is 7.73. The summed E-state index contributed by atoms with van der Waals surface area (Å²) in [4.78, 5) is 11.8. The predicted molar refractivity (Wildman–Crippen MR) is 101 cm³/mol. The summed E-state index contributed by atoms with van der Waals surface area (Å²) in [6.45, 7) is 1.77. The molecule has 6 heteroatoms. The van der Waals surface area contributed by atoms with E-state index in [9.17, 15) is 0 Å². The summed E-state index contributed by atoms with van der Waals surface area (Å²) in [5, 5.41) is 2.09. The van der Waals surface area contributed by atoms with Crippen LogP contribution in [0.25, 0.3) is 33.1 Å². The van der Waals surface area contributed by atoms with E-state index < -0.39 is 0 Å². The van der Waals surface area contributed by atoms with E-state index in [-0.39, 0.29) is 0 Å².